The number of nitrogens with one attached hydrogen (secondary N) is 1. The fourth-order valence-electron chi connectivity index (χ4n) is 2.15. The van der Waals surface area contributed by atoms with Crippen molar-refractivity contribution >= 4 is 5.91 Å². The van der Waals surface area contributed by atoms with Crippen molar-refractivity contribution in [2.45, 2.75) is 52.6 Å². The summed E-state index contributed by atoms with van der Waals surface area (Å²) in [6.45, 7) is 8.10. The van der Waals surface area contributed by atoms with Gasteiger partial charge in [-0.2, -0.15) is 0 Å². The summed E-state index contributed by atoms with van der Waals surface area (Å²) in [6.07, 6.45) is 1.53. The lowest BCUT2D eigenvalue weighted by molar-refractivity contribution is -0.124. The molecule has 0 saturated carbocycles. The zero-order chi connectivity index (χ0) is 15.3. The average Bonchev–Trinajstić information content (AvgIpc) is 2.36. The molecule has 0 aromatic heterocycles. The normalized spacial score (nSPS) is 14.7. The van der Waals surface area contributed by atoms with Gasteiger partial charge in [0.1, 0.15) is 5.82 Å². The van der Waals surface area contributed by atoms with E-state index in [-0.39, 0.29) is 23.2 Å². The summed E-state index contributed by atoms with van der Waals surface area (Å²) in [4.78, 5) is 12.1. The minimum atomic E-state index is -0.495. The van der Waals surface area contributed by atoms with Gasteiger partial charge >= 0.3 is 0 Å². The van der Waals surface area contributed by atoms with Crippen molar-refractivity contribution < 1.29 is 9.18 Å². The van der Waals surface area contributed by atoms with Gasteiger partial charge in [-0.05, 0) is 29.5 Å². The summed E-state index contributed by atoms with van der Waals surface area (Å²) in [5, 5.41) is 2.99. The Hall–Kier alpha value is -1.42. The second kappa shape index (κ2) is 6.84. The summed E-state index contributed by atoms with van der Waals surface area (Å²) in [5.74, 6) is -0.438. The number of benzene rings is 1. The van der Waals surface area contributed by atoms with Crippen LogP contribution in [0.2, 0.25) is 0 Å². The summed E-state index contributed by atoms with van der Waals surface area (Å²) in [7, 11) is 0. The molecule has 1 amide bonds. The second-order valence-corrected chi connectivity index (χ2v) is 6.25. The minimum absolute atomic E-state index is 0.156. The molecular formula is C16H25FN2O. The van der Waals surface area contributed by atoms with Crippen LogP contribution in [0.5, 0.6) is 0 Å². The molecule has 20 heavy (non-hydrogen) atoms. The highest BCUT2D eigenvalue weighted by atomic mass is 19.1. The molecule has 0 radical (unpaired) electrons. The standard InChI is InChI=1S/C16H25FN2O/c1-5-6-13(18)15(20)19-14(16(2,3)4)11-7-9-12(17)10-8-11/h7-10,13-14H,5-6,18H2,1-4H3,(H,19,20)/t13-,14?/m0/s1. The van der Waals surface area contributed by atoms with E-state index < -0.39 is 6.04 Å². The van der Waals surface area contributed by atoms with Crippen LogP contribution >= 0.6 is 0 Å². The number of halogens is 1. The van der Waals surface area contributed by atoms with Gasteiger partial charge in [0.15, 0.2) is 0 Å². The first kappa shape index (κ1) is 16.6. The van der Waals surface area contributed by atoms with Gasteiger partial charge in [0.25, 0.3) is 0 Å². The van der Waals surface area contributed by atoms with Crippen molar-refractivity contribution in [3.05, 3.63) is 35.6 Å². The van der Waals surface area contributed by atoms with Crippen molar-refractivity contribution in [3.8, 4) is 0 Å². The molecule has 1 aromatic carbocycles. The third-order valence-corrected chi connectivity index (χ3v) is 3.29. The van der Waals surface area contributed by atoms with Gasteiger partial charge in [-0.1, -0.05) is 46.2 Å². The van der Waals surface area contributed by atoms with Gasteiger partial charge in [0.05, 0.1) is 12.1 Å². The molecule has 0 aliphatic rings. The molecule has 0 spiro atoms. The Morgan fingerprint density at radius 3 is 2.30 bits per heavy atom. The number of nitrogens with two attached hydrogens (primary N) is 1. The highest BCUT2D eigenvalue weighted by Crippen LogP contribution is 2.32. The summed E-state index contributed by atoms with van der Waals surface area (Å²) >= 11 is 0. The van der Waals surface area contributed by atoms with E-state index in [1.165, 1.54) is 12.1 Å². The van der Waals surface area contributed by atoms with Crippen molar-refractivity contribution in [2.75, 3.05) is 0 Å². The highest BCUT2D eigenvalue weighted by Gasteiger charge is 2.29. The molecule has 1 unspecified atom stereocenters. The first-order valence-corrected chi connectivity index (χ1v) is 7.07. The maximum atomic E-state index is 13.0. The number of hydrogen-bond donors (Lipinski definition) is 2. The molecule has 4 heteroatoms. The predicted octanol–water partition coefficient (Wildman–Crippen LogP) is 3.16. The molecule has 2 atom stereocenters. The maximum absolute atomic E-state index is 13.0. The molecule has 0 saturated heterocycles. The molecule has 112 valence electrons. The summed E-state index contributed by atoms with van der Waals surface area (Å²) in [6, 6.07) is 5.54. The van der Waals surface area contributed by atoms with Crippen LogP contribution in [0.25, 0.3) is 0 Å². The smallest absolute Gasteiger partial charge is 0.237 e. The van der Waals surface area contributed by atoms with E-state index in [1.807, 2.05) is 27.7 Å². The van der Waals surface area contributed by atoms with Crippen LogP contribution in [0, 0.1) is 11.2 Å². The Labute approximate surface area is 120 Å². The lowest BCUT2D eigenvalue weighted by atomic mass is 9.82. The third-order valence-electron chi connectivity index (χ3n) is 3.29. The van der Waals surface area contributed by atoms with Crippen LogP contribution in [-0.2, 0) is 4.79 Å². The largest absolute Gasteiger partial charge is 0.347 e. The average molecular weight is 280 g/mol. The van der Waals surface area contributed by atoms with Crippen LogP contribution in [0.1, 0.15) is 52.1 Å². The van der Waals surface area contributed by atoms with Gasteiger partial charge in [0.2, 0.25) is 5.91 Å². The summed E-state index contributed by atoms with van der Waals surface area (Å²) < 4.78 is 13.0. The Kier molecular flexibility index (Phi) is 5.69. The van der Waals surface area contributed by atoms with E-state index >= 15 is 0 Å². The fourth-order valence-corrected chi connectivity index (χ4v) is 2.15. The van der Waals surface area contributed by atoms with Crippen LogP contribution in [0.4, 0.5) is 4.39 Å². The van der Waals surface area contributed by atoms with Gasteiger partial charge in [0, 0.05) is 0 Å². The zero-order valence-corrected chi connectivity index (χ0v) is 12.7. The number of carbonyl (C=O) groups is 1. The van der Waals surface area contributed by atoms with Crippen LogP contribution in [0.15, 0.2) is 24.3 Å². The van der Waals surface area contributed by atoms with Crippen LogP contribution in [-0.4, -0.2) is 11.9 Å². The van der Waals surface area contributed by atoms with E-state index in [0.29, 0.717) is 6.42 Å². The zero-order valence-electron chi connectivity index (χ0n) is 12.7. The van der Waals surface area contributed by atoms with Crippen molar-refractivity contribution in [3.63, 3.8) is 0 Å². The Balaban J connectivity index is 2.91. The van der Waals surface area contributed by atoms with E-state index in [1.54, 1.807) is 12.1 Å². The SMILES string of the molecule is CCC[C@H](N)C(=O)NC(c1ccc(F)cc1)C(C)(C)C. The molecule has 1 aromatic rings. The molecule has 0 bridgehead atoms. The maximum Gasteiger partial charge on any atom is 0.237 e. The Morgan fingerprint density at radius 2 is 1.85 bits per heavy atom. The number of carbonyl (C=O) groups excluding carboxylic acids is 1. The fraction of sp³-hybridized carbons (Fsp3) is 0.562. The van der Waals surface area contributed by atoms with Gasteiger partial charge < -0.3 is 11.1 Å². The third kappa shape index (κ3) is 4.60. The molecule has 0 aliphatic carbocycles. The second-order valence-electron chi connectivity index (χ2n) is 6.25. The van der Waals surface area contributed by atoms with Crippen LogP contribution in [0.3, 0.4) is 0 Å². The number of hydrogen-bond acceptors (Lipinski definition) is 2. The van der Waals surface area contributed by atoms with Crippen molar-refractivity contribution in [1.29, 1.82) is 0 Å². The van der Waals surface area contributed by atoms with Gasteiger partial charge in [-0.15, -0.1) is 0 Å². The molecule has 1 rings (SSSR count). The first-order chi connectivity index (χ1) is 9.25. The lowest BCUT2D eigenvalue weighted by Gasteiger charge is -2.32. The van der Waals surface area contributed by atoms with Crippen molar-refractivity contribution in [2.24, 2.45) is 11.1 Å². The van der Waals surface area contributed by atoms with Crippen LogP contribution < -0.4 is 11.1 Å². The number of rotatable bonds is 5. The molecule has 3 N–H and O–H groups in total. The quantitative estimate of drug-likeness (QED) is 0.870. The molecular weight excluding hydrogens is 255 g/mol. The number of amides is 1. The monoisotopic (exact) mass is 280 g/mol. The Morgan fingerprint density at radius 1 is 1.30 bits per heavy atom. The minimum Gasteiger partial charge on any atom is -0.347 e. The highest BCUT2D eigenvalue weighted by molar-refractivity contribution is 5.81. The predicted molar refractivity (Wildman–Crippen MR) is 79.6 cm³/mol. The topological polar surface area (TPSA) is 55.1 Å². The molecule has 3 nitrogen and oxygen atoms in total. The van der Waals surface area contributed by atoms with E-state index in [9.17, 15) is 9.18 Å². The van der Waals surface area contributed by atoms with Gasteiger partial charge in [-0.3, -0.25) is 4.79 Å². The first-order valence-electron chi connectivity index (χ1n) is 7.07. The molecule has 0 aliphatic heterocycles. The van der Waals surface area contributed by atoms with E-state index in [0.717, 1.165) is 12.0 Å². The lowest BCUT2D eigenvalue weighted by Crippen LogP contribution is -2.45. The van der Waals surface area contributed by atoms with Crippen molar-refractivity contribution in [1.82, 2.24) is 5.32 Å². The molecule has 0 heterocycles. The van der Waals surface area contributed by atoms with E-state index in [4.69, 9.17) is 5.73 Å². The van der Waals surface area contributed by atoms with Gasteiger partial charge in [-0.25, -0.2) is 4.39 Å². The Bertz CT molecular complexity index is 437. The molecule has 0 fully saturated rings. The van der Waals surface area contributed by atoms with E-state index in [2.05, 4.69) is 5.32 Å². The summed E-state index contributed by atoms with van der Waals surface area (Å²) in [5.41, 5.74) is 6.55.